The Labute approximate surface area is 165 Å². The second-order valence-corrected chi connectivity index (χ2v) is 7.00. The van der Waals surface area contributed by atoms with Crippen LogP contribution in [0, 0.1) is 5.82 Å². The Kier molecular flexibility index (Phi) is 7.62. The highest BCUT2D eigenvalue weighted by Gasteiger charge is 2.21. The lowest BCUT2D eigenvalue weighted by molar-refractivity contribution is -0.143. The summed E-state index contributed by atoms with van der Waals surface area (Å²) in [5.74, 6) is -0.943. The fourth-order valence-corrected chi connectivity index (χ4v) is 3.44. The van der Waals surface area contributed by atoms with Crippen molar-refractivity contribution in [3.8, 4) is 11.5 Å². The first-order chi connectivity index (χ1) is 12.9. The van der Waals surface area contributed by atoms with Crippen molar-refractivity contribution in [1.29, 1.82) is 0 Å². The predicted octanol–water partition coefficient (Wildman–Crippen LogP) is 4.75. The van der Waals surface area contributed by atoms with E-state index in [1.54, 1.807) is 13.0 Å². The molecule has 2 aromatic rings. The van der Waals surface area contributed by atoms with Crippen LogP contribution in [0.5, 0.6) is 11.5 Å². The van der Waals surface area contributed by atoms with Crippen LogP contribution in [0.4, 0.5) is 4.39 Å². The third-order valence-electron chi connectivity index (χ3n) is 3.65. The molecule has 2 rings (SSSR count). The summed E-state index contributed by atoms with van der Waals surface area (Å²) in [5, 5.41) is 0.256. The molecule has 0 spiro atoms. The number of fused-ring (bicyclic) bond motifs is 1. The first-order valence-electron chi connectivity index (χ1n) is 8.25. The van der Waals surface area contributed by atoms with Crippen LogP contribution in [0.1, 0.15) is 29.4 Å². The van der Waals surface area contributed by atoms with E-state index in [9.17, 15) is 14.0 Å². The third-order valence-corrected chi connectivity index (χ3v) is 5.15. The Hall–Kier alpha value is -2.12. The molecule has 0 amide bonds. The lowest BCUT2D eigenvalue weighted by Crippen LogP contribution is -2.07. The van der Waals surface area contributed by atoms with Gasteiger partial charge in [0.05, 0.1) is 25.0 Å². The monoisotopic (exact) mass is 414 g/mol. The van der Waals surface area contributed by atoms with Gasteiger partial charge in [0, 0.05) is 28.5 Å². The molecule has 0 aliphatic heterocycles. The summed E-state index contributed by atoms with van der Waals surface area (Å²) in [6.07, 6.45) is -0.00899. The molecule has 0 saturated carbocycles. The molecule has 0 fully saturated rings. The average molecular weight is 415 g/mol. The van der Waals surface area contributed by atoms with Gasteiger partial charge in [-0.15, -0.1) is 22.9 Å². The molecule has 1 aromatic heterocycles. The molecule has 5 nitrogen and oxygen atoms in total. The molecule has 0 N–H and O–H groups in total. The standard InChI is InChI=1S/C19H20ClFO5S/c1-4-25-17(23)6-5-13(22)16-7-12-15(27-16)8-14(24-3)19(18(12)21)26-10-11(2)9-20/h7-8H,2,4-6,9-10H2,1,3H3. The van der Waals surface area contributed by atoms with Crippen molar-refractivity contribution >= 4 is 44.8 Å². The Balaban J connectivity index is 2.27. The number of carbonyl (C=O) groups excluding carboxylic acids is 2. The molecule has 0 atom stereocenters. The van der Waals surface area contributed by atoms with E-state index in [0.717, 1.165) is 11.3 Å². The Morgan fingerprint density at radius 2 is 2.04 bits per heavy atom. The number of carbonyl (C=O) groups is 2. The zero-order chi connectivity index (χ0) is 20.0. The molecular formula is C19H20ClFO5S. The van der Waals surface area contributed by atoms with Crippen LogP contribution in [0.2, 0.25) is 0 Å². The quantitative estimate of drug-likeness (QED) is 0.243. The number of methoxy groups -OCH3 is 1. The lowest BCUT2D eigenvalue weighted by atomic mass is 10.1. The summed E-state index contributed by atoms with van der Waals surface area (Å²) in [6, 6.07) is 3.08. The van der Waals surface area contributed by atoms with E-state index in [1.807, 2.05) is 0 Å². The summed E-state index contributed by atoms with van der Waals surface area (Å²) in [4.78, 5) is 24.1. The van der Waals surface area contributed by atoms with Gasteiger partial charge in [-0.2, -0.15) is 0 Å². The van der Waals surface area contributed by atoms with Crippen molar-refractivity contribution in [2.24, 2.45) is 0 Å². The highest BCUT2D eigenvalue weighted by molar-refractivity contribution is 7.20. The molecule has 1 heterocycles. The van der Waals surface area contributed by atoms with Gasteiger partial charge in [0.25, 0.3) is 0 Å². The molecule has 0 saturated heterocycles. The van der Waals surface area contributed by atoms with Gasteiger partial charge in [-0.1, -0.05) is 6.58 Å². The predicted molar refractivity (Wildman–Crippen MR) is 104 cm³/mol. The van der Waals surface area contributed by atoms with Gasteiger partial charge < -0.3 is 14.2 Å². The SMILES string of the molecule is C=C(CCl)COc1c(OC)cc2sc(C(=O)CCC(=O)OCC)cc2c1F. The molecule has 27 heavy (non-hydrogen) atoms. The van der Waals surface area contributed by atoms with E-state index in [1.165, 1.54) is 13.2 Å². The molecule has 0 bridgehead atoms. The van der Waals surface area contributed by atoms with Crippen LogP contribution in [0.25, 0.3) is 10.1 Å². The maximum atomic E-state index is 14.9. The van der Waals surface area contributed by atoms with E-state index in [-0.39, 0.29) is 54.6 Å². The number of ketones is 1. The minimum atomic E-state index is -0.618. The van der Waals surface area contributed by atoms with Gasteiger partial charge in [-0.25, -0.2) is 4.39 Å². The van der Waals surface area contributed by atoms with E-state index in [2.05, 4.69) is 6.58 Å². The Morgan fingerprint density at radius 3 is 2.67 bits per heavy atom. The summed E-state index contributed by atoms with van der Waals surface area (Å²) in [6.45, 7) is 5.73. The number of alkyl halides is 1. The Bertz CT molecular complexity index is 861. The lowest BCUT2D eigenvalue weighted by Gasteiger charge is -2.12. The largest absolute Gasteiger partial charge is 0.493 e. The van der Waals surface area contributed by atoms with E-state index in [4.69, 9.17) is 25.8 Å². The van der Waals surface area contributed by atoms with E-state index >= 15 is 0 Å². The van der Waals surface area contributed by atoms with Gasteiger partial charge in [0.15, 0.2) is 23.1 Å². The number of halogens is 2. The second kappa shape index (κ2) is 9.71. The van der Waals surface area contributed by atoms with Crippen molar-refractivity contribution in [3.63, 3.8) is 0 Å². The maximum absolute atomic E-state index is 14.9. The summed E-state index contributed by atoms with van der Waals surface area (Å²) in [7, 11) is 1.41. The van der Waals surface area contributed by atoms with Crippen LogP contribution < -0.4 is 9.47 Å². The third kappa shape index (κ3) is 5.20. The molecule has 0 radical (unpaired) electrons. The average Bonchev–Trinajstić information content (AvgIpc) is 3.09. The Morgan fingerprint density at radius 1 is 1.30 bits per heavy atom. The number of thiophene rings is 1. The van der Waals surface area contributed by atoms with Crippen molar-refractivity contribution < 1.29 is 28.2 Å². The minimum absolute atomic E-state index is 0.00329. The number of esters is 1. The summed E-state index contributed by atoms with van der Waals surface area (Å²) < 4.78 is 31.0. The first kappa shape index (κ1) is 21.2. The highest BCUT2D eigenvalue weighted by Crippen LogP contribution is 2.40. The van der Waals surface area contributed by atoms with Gasteiger partial charge >= 0.3 is 5.97 Å². The van der Waals surface area contributed by atoms with Crippen molar-refractivity contribution in [3.05, 3.63) is 35.0 Å². The minimum Gasteiger partial charge on any atom is -0.493 e. The highest BCUT2D eigenvalue weighted by atomic mass is 35.5. The molecule has 8 heteroatoms. The van der Waals surface area contributed by atoms with Crippen molar-refractivity contribution in [2.75, 3.05) is 26.2 Å². The van der Waals surface area contributed by atoms with Crippen LogP contribution >= 0.6 is 22.9 Å². The summed E-state index contributed by atoms with van der Waals surface area (Å²) in [5.41, 5.74) is 0.596. The van der Waals surface area contributed by atoms with Crippen molar-refractivity contribution in [1.82, 2.24) is 0 Å². The van der Waals surface area contributed by atoms with Crippen LogP contribution in [0.15, 0.2) is 24.3 Å². The van der Waals surface area contributed by atoms with Gasteiger partial charge in [-0.3, -0.25) is 9.59 Å². The number of hydrogen-bond acceptors (Lipinski definition) is 6. The first-order valence-corrected chi connectivity index (χ1v) is 9.60. The molecule has 146 valence electrons. The van der Waals surface area contributed by atoms with Crippen LogP contribution in [-0.2, 0) is 9.53 Å². The second-order valence-electron chi connectivity index (χ2n) is 5.64. The molecule has 0 aliphatic carbocycles. The maximum Gasteiger partial charge on any atom is 0.306 e. The van der Waals surface area contributed by atoms with Gasteiger partial charge in [0.1, 0.15) is 6.61 Å². The smallest absolute Gasteiger partial charge is 0.306 e. The number of rotatable bonds is 10. The molecule has 0 aliphatic rings. The number of benzene rings is 1. The van der Waals surface area contributed by atoms with Crippen LogP contribution in [0.3, 0.4) is 0 Å². The van der Waals surface area contributed by atoms with Gasteiger partial charge in [-0.05, 0) is 18.6 Å². The van der Waals surface area contributed by atoms with E-state index < -0.39 is 11.8 Å². The zero-order valence-corrected chi connectivity index (χ0v) is 16.7. The molecular weight excluding hydrogens is 395 g/mol. The fraction of sp³-hybridized carbons (Fsp3) is 0.368. The zero-order valence-electron chi connectivity index (χ0n) is 15.1. The van der Waals surface area contributed by atoms with Crippen LogP contribution in [-0.4, -0.2) is 38.0 Å². The molecule has 1 aromatic carbocycles. The number of hydrogen-bond donors (Lipinski definition) is 0. The van der Waals surface area contributed by atoms with Gasteiger partial charge in [0.2, 0.25) is 0 Å². The topological polar surface area (TPSA) is 61.8 Å². The molecule has 0 unspecified atom stereocenters. The normalized spacial score (nSPS) is 10.7. The van der Waals surface area contributed by atoms with Crippen molar-refractivity contribution in [2.45, 2.75) is 19.8 Å². The number of ether oxygens (including phenoxy) is 3. The van der Waals surface area contributed by atoms with E-state index in [0.29, 0.717) is 15.2 Å². The summed E-state index contributed by atoms with van der Waals surface area (Å²) >= 11 is 6.80. The number of Topliss-reactive ketones (excluding diaryl/α,β-unsaturated/α-hetero) is 1. The fourth-order valence-electron chi connectivity index (χ4n) is 2.31.